The third-order valence-electron chi connectivity index (χ3n) is 10.7. The second-order valence-corrected chi connectivity index (χ2v) is 14.0. The van der Waals surface area contributed by atoms with E-state index in [1.165, 1.54) is 38.8 Å². The van der Waals surface area contributed by atoms with Gasteiger partial charge in [-0.25, -0.2) is 0 Å². The van der Waals surface area contributed by atoms with Crippen LogP contribution in [0.4, 0.5) is 17.1 Å². The largest absolute Gasteiger partial charge is 0.454 e. The number of hydrogen-bond donors (Lipinski definition) is 0. The summed E-state index contributed by atoms with van der Waals surface area (Å²) < 4.78 is 6.86. The highest BCUT2D eigenvalue weighted by molar-refractivity contribution is 6.13. The predicted molar refractivity (Wildman–Crippen MR) is 212 cm³/mol. The molecule has 0 radical (unpaired) electrons. The quantitative estimate of drug-likeness (QED) is 0.185. The lowest BCUT2D eigenvalue weighted by Crippen LogP contribution is -2.17. The lowest BCUT2D eigenvalue weighted by molar-refractivity contribution is 0.660. The zero-order chi connectivity index (χ0) is 34.1. The molecular weight excluding hydrogens is 621 g/mol. The van der Waals surface area contributed by atoms with E-state index in [1.807, 2.05) is 12.4 Å². The van der Waals surface area contributed by atoms with E-state index in [-0.39, 0.29) is 5.41 Å². The first-order chi connectivity index (χ1) is 25.0. The molecular formula is C48H34N2O. The van der Waals surface area contributed by atoms with Crippen LogP contribution in [0.1, 0.15) is 25.0 Å². The fourth-order valence-corrected chi connectivity index (χ4v) is 8.13. The highest BCUT2D eigenvalue weighted by Gasteiger charge is 2.37. The van der Waals surface area contributed by atoms with Gasteiger partial charge in [-0.1, -0.05) is 135 Å². The van der Waals surface area contributed by atoms with Crippen molar-refractivity contribution in [2.75, 3.05) is 4.90 Å². The summed E-state index contributed by atoms with van der Waals surface area (Å²) >= 11 is 0. The van der Waals surface area contributed by atoms with E-state index in [1.54, 1.807) is 0 Å². The fraction of sp³-hybridized carbons (Fsp3) is 0.0625. The Balaban J connectivity index is 1.27. The first-order valence-electron chi connectivity index (χ1n) is 17.5. The third kappa shape index (κ3) is 4.62. The summed E-state index contributed by atoms with van der Waals surface area (Å²) in [6, 6.07) is 56.6. The number of fused-ring (bicyclic) bond motifs is 7. The molecule has 0 amide bonds. The molecule has 0 bridgehead atoms. The normalized spacial score (nSPS) is 13.1. The molecule has 2 heterocycles. The van der Waals surface area contributed by atoms with E-state index < -0.39 is 0 Å². The maximum absolute atomic E-state index is 6.86. The van der Waals surface area contributed by atoms with E-state index in [4.69, 9.17) is 9.40 Å². The van der Waals surface area contributed by atoms with Gasteiger partial charge < -0.3 is 9.32 Å². The minimum atomic E-state index is -0.178. The molecule has 51 heavy (non-hydrogen) atoms. The Bertz CT molecular complexity index is 2760. The Labute approximate surface area is 297 Å². The van der Waals surface area contributed by atoms with E-state index in [0.717, 1.165) is 55.5 Å². The van der Waals surface area contributed by atoms with Crippen LogP contribution in [0.2, 0.25) is 0 Å². The van der Waals surface area contributed by atoms with Gasteiger partial charge >= 0.3 is 0 Å². The zero-order valence-corrected chi connectivity index (χ0v) is 28.5. The molecule has 9 aromatic rings. The van der Waals surface area contributed by atoms with Crippen LogP contribution < -0.4 is 4.90 Å². The van der Waals surface area contributed by atoms with Crippen LogP contribution in [0.5, 0.6) is 0 Å². The average molecular weight is 655 g/mol. The highest BCUT2D eigenvalue weighted by Crippen LogP contribution is 2.54. The number of furan rings is 1. The summed E-state index contributed by atoms with van der Waals surface area (Å²) in [5.41, 5.74) is 14.4. The van der Waals surface area contributed by atoms with Crippen LogP contribution >= 0.6 is 0 Å². The Morgan fingerprint density at radius 2 is 1.14 bits per heavy atom. The van der Waals surface area contributed by atoms with Crippen molar-refractivity contribution in [3.63, 3.8) is 0 Å². The summed E-state index contributed by atoms with van der Waals surface area (Å²) in [5.74, 6) is 0. The Morgan fingerprint density at radius 3 is 1.90 bits per heavy atom. The molecule has 1 aliphatic carbocycles. The number of pyridine rings is 1. The maximum Gasteiger partial charge on any atom is 0.162 e. The molecule has 2 aromatic heterocycles. The topological polar surface area (TPSA) is 29.3 Å². The Kier molecular flexibility index (Phi) is 6.53. The van der Waals surface area contributed by atoms with Crippen LogP contribution in [0.25, 0.3) is 66.1 Å². The summed E-state index contributed by atoms with van der Waals surface area (Å²) in [5, 5.41) is 4.39. The molecule has 0 fully saturated rings. The van der Waals surface area contributed by atoms with Gasteiger partial charge in [-0.2, -0.15) is 0 Å². The molecule has 1 aliphatic rings. The van der Waals surface area contributed by atoms with E-state index in [2.05, 4.69) is 176 Å². The Morgan fingerprint density at radius 1 is 0.490 bits per heavy atom. The number of aromatic nitrogens is 1. The summed E-state index contributed by atoms with van der Waals surface area (Å²) in [6.45, 7) is 4.68. The summed E-state index contributed by atoms with van der Waals surface area (Å²) in [6.07, 6.45) is 3.90. The molecule has 0 unspecified atom stereocenters. The second-order valence-electron chi connectivity index (χ2n) is 14.0. The third-order valence-corrected chi connectivity index (χ3v) is 10.7. The first-order valence-corrected chi connectivity index (χ1v) is 17.5. The zero-order valence-electron chi connectivity index (χ0n) is 28.5. The first kappa shape index (κ1) is 29.5. The van der Waals surface area contributed by atoms with Crippen molar-refractivity contribution in [3.8, 4) is 33.4 Å². The molecule has 3 nitrogen and oxygen atoms in total. The predicted octanol–water partition coefficient (Wildman–Crippen LogP) is 13.2. The van der Waals surface area contributed by atoms with Crippen molar-refractivity contribution in [1.82, 2.24) is 4.98 Å². The van der Waals surface area contributed by atoms with E-state index in [9.17, 15) is 0 Å². The highest BCUT2D eigenvalue weighted by atomic mass is 16.3. The van der Waals surface area contributed by atoms with Gasteiger partial charge in [0.15, 0.2) is 5.58 Å². The van der Waals surface area contributed by atoms with Gasteiger partial charge in [0.05, 0.1) is 11.9 Å². The SMILES string of the molecule is CC1(C)c2ccccc2-c2cc(-c3ccccc3)c(N(c3ccc(-c4ccccc4)cc3)c3cncc4c3oc3cc5ccccc5cc34)cc21. The molecule has 242 valence electrons. The smallest absolute Gasteiger partial charge is 0.162 e. The molecule has 0 aliphatic heterocycles. The van der Waals surface area contributed by atoms with Crippen molar-refractivity contribution in [1.29, 1.82) is 0 Å². The van der Waals surface area contributed by atoms with Gasteiger partial charge in [-0.05, 0) is 86.1 Å². The lowest BCUT2D eigenvalue weighted by atomic mass is 9.81. The number of nitrogens with zero attached hydrogens (tertiary/aromatic N) is 2. The monoisotopic (exact) mass is 654 g/mol. The number of rotatable bonds is 5. The van der Waals surface area contributed by atoms with Crippen LogP contribution in [0.15, 0.2) is 175 Å². The minimum Gasteiger partial charge on any atom is -0.454 e. The molecule has 3 heteroatoms. The van der Waals surface area contributed by atoms with Crippen LogP contribution in [0.3, 0.4) is 0 Å². The van der Waals surface area contributed by atoms with Gasteiger partial charge in [-0.3, -0.25) is 4.98 Å². The van der Waals surface area contributed by atoms with E-state index in [0.29, 0.717) is 0 Å². The van der Waals surface area contributed by atoms with E-state index >= 15 is 0 Å². The van der Waals surface area contributed by atoms with Crippen molar-refractivity contribution in [2.45, 2.75) is 19.3 Å². The number of anilines is 3. The summed E-state index contributed by atoms with van der Waals surface area (Å²) in [4.78, 5) is 7.24. The standard InChI is InChI=1S/C48H34N2O/c1-48(2)42-20-12-11-19-37(42)39-27-38(33-15-7-4-8-16-33)44(28-43(39)48)50(36-23-21-32(22-24-36)31-13-5-3-6-14-31)45-30-49-29-41-40-25-34-17-9-10-18-35(34)26-46(40)51-47(41)45/h3-30H,1-2H3. The average Bonchev–Trinajstić information content (AvgIpc) is 3.66. The molecule has 0 atom stereocenters. The van der Waals surface area contributed by atoms with Crippen LogP contribution in [0, 0.1) is 0 Å². The lowest BCUT2D eigenvalue weighted by Gasteiger charge is -2.30. The second kappa shape index (κ2) is 11.3. The van der Waals surface area contributed by atoms with Crippen molar-refractivity contribution in [3.05, 3.63) is 181 Å². The van der Waals surface area contributed by atoms with Crippen molar-refractivity contribution < 1.29 is 4.42 Å². The molecule has 7 aromatic carbocycles. The number of benzene rings is 7. The van der Waals surface area contributed by atoms with Gasteiger partial charge in [-0.15, -0.1) is 0 Å². The molecule has 0 N–H and O–H groups in total. The summed E-state index contributed by atoms with van der Waals surface area (Å²) in [7, 11) is 0. The number of hydrogen-bond acceptors (Lipinski definition) is 3. The van der Waals surface area contributed by atoms with Gasteiger partial charge in [0.1, 0.15) is 11.3 Å². The fourth-order valence-electron chi connectivity index (χ4n) is 8.13. The Hall–Kier alpha value is -6.45. The van der Waals surface area contributed by atoms with Crippen molar-refractivity contribution >= 4 is 49.8 Å². The van der Waals surface area contributed by atoms with Gasteiger partial charge in [0, 0.05) is 33.6 Å². The molecule has 10 rings (SSSR count). The van der Waals surface area contributed by atoms with Crippen LogP contribution in [-0.2, 0) is 5.41 Å². The van der Waals surface area contributed by atoms with Gasteiger partial charge in [0.25, 0.3) is 0 Å². The van der Waals surface area contributed by atoms with Crippen molar-refractivity contribution in [2.24, 2.45) is 0 Å². The minimum absolute atomic E-state index is 0.178. The molecule has 0 saturated heterocycles. The molecule has 0 spiro atoms. The molecule has 0 saturated carbocycles. The van der Waals surface area contributed by atoms with Crippen LogP contribution in [-0.4, -0.2) is 4.98 Å². The maximum atomic E-state index is 6.86. The van der Waals surface area contributed by atoms with Gasteiger partial charge in [0.2, 0.25) is 0 Å².